The van der Waals surface area contributed by atoms with Gasteiger partial charge in [0.1, 0.15) is 17.2 Å². The average Bonchev–Trinajstić information content (AvgIpc) is 3.29. The zero-order valence-electron chi connectivity index (χ0n) is 21.5. The van der Waals surface area contributed by atoms with Gasteiger partial charge >= 0.3 is 0 Å². The van der Waals surface area contributed by atoms with Gasteiger partial charge in [0.15, 0.2) is 33.0 Å². The van der Waals surface area contributed by atoms with E-state index in [4.69, 9.17) is 27.9 Å². The second kappa shape index (κ2) is 9.37. The molecule has 4 aliphatic rings. The minimum absolute atomic E-state index is 0.0870. The van der Waals surface area contributed by atoms with Crippen LogP contribution in [0.25, 0.3) is 0 Å². The smallest absolute Gasteiger partial charge is 0.258 e. The van der Waals surface area contributed by atoms with Gasteiger partial charge in [-0.2, -0.15) is 5.06 Å². The molecule has 6 rings (SSSR count). The quantitative estimate of drug-likeness (QED) is 0.0981. The fraction of sp³-hybridized carbons (Fsp3) is 0.333. The van der Waals surface area contributed by atoms with E-state index in [1.807, 2.05) is 0 Å². The van der Waals surface area contributed by atoms with E-state index < -0.39 is 104 Å². The lowest BCUT2D eigenvalue weighted by Crippen LogP contribution is -2.60. The SMILES string of the molecule is COc1ccc(O)c([C@H]2C3=CC[C@@H]4C(=O)N(O)C(=O)[C@@H]4[C@@H]3C[C@@]3(Cl)C(=O)N(c4c(F)c(F)c(F)c(F)c4F)C(=O)[C@@]23Cl)c1. The Morgan fingerprint density at radius 1 is 0.907 bits per heavy atom. The van der Waals surface area contributed by atoms with E-state index in [9.17, 15) is 51.4 Å². The Labute approximate surface area is 248 Å². The zero-order chi connectivity index (χ0) is 31.5. The molecular weight excluding hydrogens is 630 g/mol. The number of carbonyl (C=O) groups excluding carboxylic acids is 4. The maximum Gasteiger partial charge on any atom is 0.258 e. The number of hydrogen-bond donors (Lipinski definition) is 2. The van der Waals surface area contributed by atoms with Crippen LogP contribution in [-0.4, -0.2) is 55.9 Å². The van der Waals surface area contributed by atoms with Crippen molar-refractivity contribution in [2.45, 2.75) is 28.5 Å². The van der Waals surface area contributed by atoms with Gasteiger partial charge in [0.2, 0.25) is 5.82 Å². The van der Waals surface area contributed by atoms with Crippen LogP contribution in [0, 0.1) is 46.8 Å². The number of nitrogens with zero attached hydrogens (tertiary/aromatic N) is 2. The van der Waals surface area contributed by atoms with Crippen LogP contribution in [0.1, 0.15) is 24.3 Å². The number of imide groups is 2. The fourth-order valence-corrected chi connectivity index (χ4v) is 7.71. The first kappa shape index (κ1) is 29.3. The molecule has 0 aromatic heterocycles. The van der Waals surface area contributed by atoms with Gasteiger partial charge in [0.25, 0.3) is 23.6 Å². The van der Waals surface area contributed by atoms with Gasteiger partial charge in [-0.3, -0.25) is 24.4 Å². The molecule has 2 aliphatic heterocycles. The van der Waals surface area contributed by atoms with Crippen LogP contribution in [0.5, 0.6) is 11.5 Å². The number of allylic oxidation sites excluding steroid dienone is 2. The minimum Gasteiger partial charge on any atom is -0.508 e. The van der Waals surface area contributed by atoms with Crippen molar-refractivity contribution in [2.75, 3.05) is 12.0 Å². The number of rotatable bonds is 3. The molecule has 6 atom stereocenters. The average molecular weight is 647 g/mol. The number of fused-ring (bicyclic) bond motifs is 4. The number of carbonyl (C=O) groups is 4. The Kier molecular flexibility index (Phi) is 6.39. The van der Waals surface area contributed by atoms with Crippen LogP contribution in [-0.2, 0) is 19.2 Å². The third-order valence-corrected chi connectivity index (χ3v) is 10.2. The van der Waals surface area contributed by atoms with Gasteiger partial charge in [0, 0.05) is 11.5 Å². The van der Waals surface area contributed by atoms with E-state index in [1.54, 1.807) is 0 Å². The standard InChI is InChI=1S/C27H17Cl2F5N2O7/c1-43-8-2-5-13(37)11(6-8)15-9-3-4-10-14(23(39)36(42)22(10)38)12(9)7-26(28)24(40)35(25(41)27(15,26)29)21-19(33)17(31)16(30)18(32)20(21)34/h2-3,5-6,10,12,14-15,37,42H,4,7H2,1H3/t10-,12+,14-,15+,26+,27-/m0/s1. The van der Waals surface area contributed by atoms with Gasteiger partial charge in [-0.1, -0.05) is 11.6 Å². The third kappa shape index (κ3) is 3.48. The van der Waals surface area contributed by atoms with Crippen molar-refractivity contribution in [1.82, 2.24) is 5.06 Å². The van der Waals surface area contributed by atoms with E-state index in [0.29, 0.717) is 0 Å². The van der Waals surface area contributed by atoms with Gasteiger partial charge < -0.3 is 9.84 Å². The van der Waals surface area contributed by atoms with Gasteiger partial charge in [0.05, 0.1) is 18.9 Å². The first-order valence-corrected chi connectivity index (χ1v) is 13.3. The Morgan fingerprint density at radius 2 is 1.51 bits per heavy atom. The van der Waals surface area contributed by atoms with Crippen LogP contribution >= 0.6 is 23.2 Å². The predicted molar refractivity (Wildman–Crippen MR) is 135 cm³/mol. The second-order valence-electron chi connectivity index (χ2n) is 10.6. The van der Waals surface area contributed by atoms with E-state index >= 15 is 0 Å². The Bertz CT molecular complexity index is 1690. The Hall–Kier alpha value is -3.75. The van der Waals surface area contributed by atoms with Crippen molar-refractivity contribution >= 4 is 52.5 Å². The monoisotopic (exact) mass is 646 g/mol. The first-order valence-electron chi connectivity index (χ1n) is 12.5. The van der Waals surface area contributed by atoms with Crippen LogP contribution in [0.3, 0.4) is 0 Å². The maximum absolute atomic E-state index is 15.0. The number of halogens is 7. The largest absolute Gasteiger partial charge is 0.508 e. The molecule has 0 radical (unpaired) electrons. The number of benzene rings is 2. The lowest BCUT2D eigenvalue weighted by atomic mass is 9.56. The molecule has 0 bridgehead atoms. The molecule has 2 saturated heterocycles. The number of amides is 4. The van der Waals surface area contributed by atoms with Crippen molar-refractivity contribution in [3.05, 3.63) is 64.5 Å². The van der Waals surface area contributed by atoms with E-state index in [-0.39, 0.29) is 33.3 Å². The van der Waals surface area contributed by atoms with Gasteiger partial charge in [-0.15, -0.1) is 23.2 Å². The van der Waals surface area contributed by atoms with Crippen molar-refractivity contribution in [3.8, 4) is 11.5 Å². The molecule has 0 unspecified atom stereocenters. The molecular formula is C27H17Cl2F5N2O7. The second-order valence-corrected chi connectivity index (χ2v) is 11.8. The minimum atomic E-state index is -2.80. The third-order valence-electron chi connectivity index (χ3n) is 8.74. The summed E-state index contributed by atoms with van der Waals surface area (Å²) in [7, 11) is 1.26. The molecule has 2 aromatic rings. The lowest BCUT2D eigenvalue weighted by molar-refractivity contribution is -0.173. The molecule has 3 fully saturated rings. The first-order chi connectivity index (χ1) is 20.1. The molecule has 226 valence electrons. The summed E-state index contributed by atoms with van der Waals surface area (Å²) in [5.41, 5.74) is -2.02. The summed E-state index contributed by atoms with van der Waals surface area (Å²) in [5, 5.41) is 20.9. The molecule has 0 spiro atoms. The van der Waals surface area contributed by atoms with Gasteiger partial charge in [-0.05, 0) is 37.0 Å². The van der Waals surface area contributed by atoms with Crippen molar-refractivity contribution in [3.63, 3.8) is 0 Å². The Balaban J connectivity index is 1.64. The molecule has 43 heavy (non-hydrogen) atoms. The van der Waals surface area contributed by atoms with Gasteiger partial charge in [-0.25, -0.2) is 26.9 Å². The highest BCUT2D eigenvalue weighted by Crippen LogP contribution is 2.66. The Morgan fingerprint density at radius 3 is 2.12 bits per heavy atom. The molecule has 2 heterocycles. The summed E-state index contributed by atoms with van der Waals surface area (Å²) < 4.78 is 77.5. The number of ether oxygens (including phenoxy) is 1. The van der Waals surface area contributed by atoms with Crippen molar-refractivity contribution in [2.24, 2.45) is 17.8 Å². The molecule has 1 saturated carbocycles. The molecule has 2 aliphatic carbocycles. The molecule has 16 heteroatoms. The lowest BCUT2D eigenvalue weighted by Gasteiger charge is -2.50. The fourth-order valence-electron chi connectivity index (χ4n) is 6.79. The van der Waals surface area contributed by atoms with Crippen LogP contribution in [0.2, 0.25) is 0 Å². The molecule has 9 nitrogen and oxygen atoms in total. The normalized spacial score (nSPS) is 31.7. The number of hydroxylamine groups is 2. The summed E-state index contributed by atoms with van der Waals surface area (Å²) in [6.07, 6.45) is 0.514. The highest BCUT2D eigenvalue weighted by atomic mass is 35.5. The van der Waals surface area contributed by atoms with E-state index in [1.165, 1.54) is 25.3 Å². The number of hydrogen-bond acceptors (Lipinski definition) is 7. The van der Waals surface area contributed by atoms with Crippen LogP contribution in [0.4, 0.5) is 27.6 Å². The van der Waals surface area contributed by atoms with Crippen molar-refractivity contribution in [1.29, 1.82) is 0 Å². The summed E-state index contributed by atoms with van der Waals surface area (Å²) in [5.74, 6) is -23.6. The molecule has 4 amide bonds. The zero-order valence-corrected chi connectivity index (χ0v) is 23.0. The van der Waals surface area contributed by atoms with E-state index in [0.717, 1.165) is 6.07 Å². The number of aromatic hydroxyl groups is 1. The van der Waals surface area contributed by atoms with Crippen LogP contribution < -0.4 is 9.64 Å². The van der Waals surface area contributed by atoms with Crippen LogP contribution in [0.15, 0.2) is 29.8 Å². The summed E-state index contributed by atoms with van der Waals surface area (Å²) in [6, 6.07) is 3.68. The number of phenolic OH excluding ortho intramolecular Hbond substituents is 1. The maximum atomic E-state index is 15.0. The number of methoxy groups -OCH3 is 1. The highest BCUT2D eigenvalue weighted by Gasteiger charge is 2.77. The molecule has 2 aromatic carbocycles. The van der Waals surface area contributed by atoms with E-state index in [2.05, 4.69) is 0 Å². The summed E-state index contributed by atoms with van der Waals surface area (Å²) in [4.78, 5) is 47.8. The summed E-state index contributed by atoms with van der Waals surface area (Å²) >= 11 is 13.8. The molecule has 2 N–H and O–H groups in total. The topological polar surface area (TPSA) is 124 Å². The van der Waals surface area contributed by atoms with Crippen molar-refractivity contribution < 1.29 is 56.2 Å². The number of anilines is 1. The highest BCUT2D eigenvalue weighted by molar-refractivity contribution is 6.58. The number of alkyl halides is 2. The summed E-state index contributed by atoms with van der Waals surface area (Å²) in [6.45, 7) is 0. The number of phenols is 1. The predicted octanol–water partition coefficient (Wildman–Crippen LogP) is 4.05.